The molecule has 2 aromatic rings. The topological polar surface area (TPSA) is 52.6 Å². The Morgan fingerprint density at radius 2 is 1.81 bits per heavy atom. The Bertz CT molecular complexity index is 998. The van der Waals surface area contributed by atoms with Gasteiger partial charge in [0.05, 0.1) is 5.56 Å². The maximum Gasteiger partial charge on any atom is 0.338 e. The van der Waals surface area contributed by atoms with Crippen LogP contribution in [0.2, 0.25) is 0 Å². The van der Waals surface area contributed by atoms with E-state index in [4.69, 9.17) is 9.47 Å². The molecule has 5 atom stereocenters. The van der Waals surface area contributed by atoms with Gasteiger partial charge in [0.15, 0.2) is 0 Å². The summed E-state index contributed by atoms with van der Waals surface area (Å²) >= 11 is 0. The molecule has 4 heteroatoms. The number of rotatable bonds is 3. The fourth-order valence-corrected chi connectivity index (χ4v) is 6.71. The fourth-order valence-electron chi connectivity index (χ4n) is 6.71. The van der Waals surface area contributed by atoms with E-state index in [-0.39, 0.29) is 23.5 Å². The lowest BCUT2D eigenvalue weighted by Gasteiger charge is -2.50. The zero-order chi connectivity index (χ0) is 21.6. The van der Waals surface area contributed by atoms with E-state index in [1.807, 2.05) is 36.4 Å². The van der Waals surface area contributed by atoms with Crippen LogP contribution < -0.4 is 4.74 Å². The molecule has 0 heterocycles. The third-order valence-corrected chi connectivity index (χ3v) is 8.13. The van der Waals surface area contributed by atoms with Crippen LogP contribution in [-0.2, 0) is 16.0 Å². The Morgan fingerprint density at radius 3 is 2.58 bits per heavy atom. The van der Waals surface area contributed by atoms with Crippen molar-refractivity contribution < 1.29 is 19.1 Å². The van der Waals surface area contributed by atoms with Gasteiger partial charge in [0.25, 0.3) is 0 Å². The molecule has 0 amide bonds. The Balaban J connectivity index is 1.34. The SMILES string of the molecule is CC(=O)Oc1ccc2c(c1)CC[C@@H]1[C@@H]2CC[C@]2(C)[C@@H](OC(=O)c3ccccc3)CC[C@@H]12. The lowest BCUT2D eigenvalue weighted by atomic mass is 9.55. The van der Waals surface area contributed by atoms with Gasteiger partial charge in [-0.15, -0.1) is 0 Å². The predicted molar refractivity (Wildman–Crippen MR) is 118 cm³/mol. The molecular formula is C27H30O4. The van der Waals surface area contributed by atoms with Gasteiger partial charge in [-0.3, -0.25) is 4.79 Å². The van der Waals surface area contributed by atoms with Crippen LogP contribution in [0.15, 0.2) is 48.5 Å². The standard InChI is InChI=1S/C27H30O4/c1-17(28)30-20-9-11-21-19(16-20)8-10-23-22(21)14-15-27(2)24(23)12-13-25(27)31-26(29)18-6-4-3-5-7-18/h3-7,9,11,16,22-25H,8,10,12-15H2,1-2H3/t22-,23-,24+,25+,27+/m1/s1. The summed E-state index contributed by atoms with van der Waals surface area (Å²) in [5, 5.41) is 0. The van der Waals surface area contributed by atoms with Crippen molar-refractivity contribution >= 4 is 11.9 Å². The summed E-state index contributed by atoms with van der Waals surface area (Å²) in [4.78, 5) is 24.0. The fraction of sp³-hybridized carbons (Fsp3) is 0.481. The van der Waals surface area contributed by atoms with Crippen molar-refractivity contribution in [1.82, 2.24) is 0 Å². The highest BCUT2D eigenvalue weighted by Gasteiger charge is 2.56. The highest BCUT2D eigenvalue weighted by Crippen LogP contribution is 2.61. The molecule has 0 radical (unpaired) electrons. The average Bonchev–Trinajstić information content (AvgIpc) is 3.09. The summed E-state index contributed by atoms with van der Waals surface area (Å²) in [6, 6.07) is 15.5. The molecular weight excluding hydrogens is 388 g/mol. The molecule has 0 saturated heterocycles. The lowest BCUT2D eigenvalue weighted by Crippen LogP contribution is -2.45. The van der Waals surface area contributed by atoms with Crippen molar-refractivity contribution in [3.8, 4) is 5.75 Å². The van der Waals surface area contributed by atoms with Crippen LogP contribution in [0.5, 0.6) is 5.75 Å². The van der Waals surface area contributed by atoms with Crippen LogP contribution in [-0.4, -0.2) is 18.0 Å². The second-order valence-corrected chi connectivity index (χ2v) is 9.75. The maximum atomic E-state index is 12.7. The summed E-state index contributed by atoms with van der Waals surface area (Å²) in [5.74, 6) is 1.95. The third-order valence-electron chi connectivity index (χ3n) is 8.13. The highest BCUT2D eigenvalue weighted by molar-refractivity contribution is 5.89. The van der Waals surface area contributed by atoms with Gasteiger partial charge < -0.3 is 9.47 Å². The molecule has 0 N–H and O–H groups in total. The van der Waals surface area contributed by atoms with Gasteiger partial charge in [-0.2, -0.15) is 0 Å². The second kappa shape index (κ2) is 7.81. The molecule has 0 unspecified atom stereocenters. The first-order valence-corrected chi connectivity index (χ1v) is 11.5. The minimum atomic E-state index is -0.274. The number of carbonyl (C=O) groups is 2. The van der Waals surface area contributed by atoms with E-state index < -0.39 is 0 Å². The monoisotopic (exact) mass is 418 g/mol. The molecule has 0 aliphatic heterocycles. The summed E-state index contributed by atoms with van der Waals surface area (Å²) in [7, 11) is 0. The maximum absolute atomic E-state index is 12.7. The van der Waals surface area contributed by atoms with Gasteiger partial charge in [-0.1, -0.05) is 31.2 Å². The molecule has 4 nitrogen and oxygen atoms in total. The van der Waals surface area contributed by atoms with Gasteiger partial charge in [0.1, 0.15) is 11.9 Å². The number of hydrogen-bond acceptors (Lipinski definition) is 4. The average molecular weight is 419 g/mol. The lowest BCUT2D eigenvalue weighted by molar-refractivity contribution is -0.131. The van der Waals surface area contributed by atoms with Gasteiger partial charge in [-0.05, 0) is 91.7 Å². The number of benzene rings is 2. The quantitative estimate of drug-likeness (QED) is 0.474. The molecule has 2 fully saturated rings. The van der Waals surface area contributed by atoms with Gasteiger partial charge in [-0.25, -0.2) is 4.79 Å². The zero-order valence-corrected chi connectivity index (χ0v) is 18.3. The number of ether oxygens (including phenoxy) is 2. The molecule has 2 saturated carbocycles. The second-order valence-electron chi connectivity index (χ2n) is 9.75. The van der Waals surface area contributed by atoms with E-state index in [1.54, 1.807) is 0 Å². The minimum absolute atomic E-state index is 0.00102. The molecule has 31 heavy (non-hydrogen) atoms. The summed E-state index contributed by atoms with van der Waals surface area (Å²) in [5.41, 5.74) is 3.45. The van der Waals surface area contributed by atoms with E-state index in [0.717, 1.165) is 38.5 Å². The van der Waals surface area contributed by atoms with Crippen molar-refractivity contribution in [1.29, 1.82) is 0 Å². The Kier molecular flexibility index (Phi) is 5.11. The number of carbonyl (C=O) groups excluding carboxylic acids is 2. The van der Waals surface area contributed by atoms with Crippen LogP contribution in [0.1, 0.15) is 73.4 Å². The molecule has 0 spiro atoms. The van der Waals surface area contributed by atoms with E-state index >= 15 is 0 Å². The highest BCUT2D eigenvalue weighted by atomic mass is 16.5. The molecule has 0 aromatic heterocycles. The Labute approximate surface area is 183 Å². The minimum Gasteiger partial charge on any atom is -0.458 e. The Morgan fingerprint density at radius 1 is 1.00 bits per heavy atom. The smallest absolute Gasteiger partial charge is 0.338 e. The largest absolute Gasteiger partial charge is 0.458 e. The summed E-state index contributed by atoms with van der Waals surface area (Å²) in [6.07, 6.45) is 6.46. The molecule has 5 rings (SSSR count). The van der Waals surface area contributed by atoms with E-state index in [9.17, 15) is 9.59 Å². The molecule has 3 aliphatic rings. The number of hydrogen-bond donors (Lipinski definition) is 0. The molecule has 0 bridgehead atoms. The zero-order valence-electron chi connectivity index (χ0n) is 18.3. The van der Waals surface area contributed by atoms with Gasteiger partial charge in [0.2, 0.25) is 0 Å². The van der Waals surface area contributed by atoms with E-state index in [1.165, 1.54) is 18.1 Å². The van der Waals surface area contributed by atoms with E-state index in [2.05, 4.69) is 19.1 Å². The molecule has 3 aliphatic carbocycles. The first-order valence-electron chi connectivity index (χ1n) is 11.5. The normalized spacial score (nSPS) is 31.2. The predicted octanol–water partition coefficient (Wildman–Crippen LogP) is 5.69. The van der Waals surface area contributed by atoms with Crippen molar-refractivity contribution in [3.05, 3.63) is 65.2 Å². The first-order chi connectivity index (χ1) is 15.0. The number of fused-ring (bicyclic) bond motifs is 5. The summed E-state index contributed by atoms with van der Waals surface area (Å²) < 4.78 is 11.4. The van der Waals surface area contributed by atoms with E-state index in [0.29, 0.717) is 29.1 Å². The number of esters is 2. The van der Waals surface area contributed by atoms with Crippen LogP contribution >= 0.6 is 0 Å². The first kappa shape index (κ1) is 20.3. The summed E-state index contributed by atoms with van der Waals surface area (Å²) in [6.45, 7) is 3.79. The van der Waals surface area contributed by atoms with Crippen molar-refractivity contribution in [2.75, 3.05) is 0 Å². The molecule has 162 valence electrons. The molecule has 2 aromatic carbocycles. The van der Waals surface area contributed by atoms with Crippen LogP contribution in [0.25, 0.3) is 0 Å². The van der Waals surface area contributed by atoms with Crippen LogP contribution in [0.4, 0.5) is 0 Å². The number of aryl methyl sites for hydroxylation is 1. The van der Waals surface area contributed by atoms with Gasteiger partial charge in [0, 0.05) is 12.3 Å². The van der Waals surface area contributed by atoms with Crippen molar-refractivity contribution in [3.63, 3.8) is 0 Å². The van der Waals surface area contributed by atoms with Crippen LogP contribution in [0.3, 0.4) is 0 Å². The third kappa shape index (κ3) is 3.56. The van der Waals surface area contributed by atoms with Gasteiger partial charge >= 0.3 is 11.9 Å². The Hall–Kier alpha value is -2.62. The van der Waals surface area contributed by atoms with Crippen molar-refractivity contribution in [2.24, 2.45) is 17.3 Å². The van der Waals surface area contributed by atoms with Crippen molar-refractivity contribution in [2.45, 2.75) is 64.4 Å². The van der Waals surface area contributed by atoms with Crippen LogP contribution in [0, 0.1) is 17.3 Å².